The van der Waals surface area contributed by atoms with Crippen molar-refractivity contribution in [2.45, 2.75) is 13.8 Å². The van der Waals surface area contributed by atoms with Crippen molar-refractivity contribution >= 4 is 27.7 Å². The molecule has 0 fully saturated rings. The maximum atomic E-state index is 9.22. The topological polar surface area (TPSA) is 115 Å². The van der Waals surface area contributed by atoms with Gasteiger partial charge in [-0.2, -0.15) is 0 Å². The van der Waals surface area contributed by atoms with Crippen LogP contribution in [0, 0.1) is 5.41 Å². The molecule has 1 aromatic heterocycles. The standard InChI is InChI=1S/C18H28N6.CH4O4S/c1-18(2,14-22(3)4)13-19-15-9-7-8-10-16(15)20-21-17-23(5)11-12-24(17)6;1-5-6(2,3)4/h7-12H,13-14H2,1-6H3;1H3,(H,2,3,4). The molecule has 0 atom stereocenters. The van der Waals surface area contributed by atoms with Crippen molar-refractivity contribution in [3.8, 4) is 0 Å². The van der Waals surface area contributed by atoms with Gasteiger partial charge in [0.2, 0.25) is 10.4 Å². The second-order valence-electron chi connectivity index (χ2n) is 7.87. The van der Waals surface area contributed by atoms with Gasteiger partial charge in [-0.3, -0.25) is 4.18 Å². The lowest BCUT2D eigenvalue weighted by Crippen LogP contribution is -2.34. The fraction of sp³-hybridized carbons (Fsp3) is 0.526. The van der Waals surface area contributed by atoms with Crippen molar-refractivity contribution in [2.24, 2.45) is 29.7 Å². The Morgan fingerprint density at radius 1 is 1.27 bits per heavy atom. The van der Waals surface area contributed by atoms with Gasteiger partial charge < -0.3 is 14.8 Å². The Balaban J connectivity index is 0.000000656. The number of anilines is 1. The average molecular weight is 441 g/mol. The molecule has 2 rings (SSSR count). The first-order valence-corrected chi connectivity index (χ1v) is 10.6. The number of nitrogens with one attached hydrogen (secondary N) is 1. The summed E-state index contributed by atoms with van der Waals surface area (Å²) in [5.41, 5.74) is 2.02. The maximum absolute atomic E-state index is 9.22. The third-order valence-corrected chi connectivity index (χ3v) is 4.41. The summed E-state index contributed by atoms with van der Waals surface area (Å²) in [7, 11) is 4.52. The first-order chi connectivity index (χ1) is 13.8. The van der Waals surface area contributed by atoms with Crippen LogP contribution in [-0.2, 0) is 28.7 Å². The Bertz CT molecular complexity index is 919. The minimum Gasteiger partial charge on any atom is -0.726 e. The molecule has 1 heterocycles. The number of aromatic nitrogens is 2. The van der Waals surface area contributed by atoms with E-state index in [2.05, 4.69) is 52.6 Å². The van der Waals surface area contributed by atoms with Crippen molar-refractivity contribution in [2.75, 3.05) is 39.6 Å². The normalized spacial score (nSPS) is 12.2. The first-order valence-electron chi connectivity index (χ1n) is 9.26. The van der Waals surface area contributed by atoms with Crippen LogP contribution in [0.2, 0.25) is 0 Å². The van der Waals surface area contributed by atoms with E-state index in [1.165, 1.54) is 0 Å². The van der Waals surface area contributed by atoms with Gasteiger partial charge in [0, 0.05) is 18.2 Å². The zero-order chi connectivity index (χ0) is 22.9. The minimum atomic E-state index is -4.41. The summed E-state index contributed by atoms with van der Waals surface area (Å²) in [5.74, 6) is 0.803. The van der Waals surface area contributed by atoms with Crippen LogP contribution in [0.3, 0.4) is 0 Å². The highest BCUT2D eigenvalue weighted by molar-refractivity contribution is 7.80. The van der Waals surface area contributed by atoms with Crippen LogP contribution in [0.1, 0.15) is 13.8 Å². The minimum absolute atomic E-state index is 0.165. The van der Waals surface area contributed by atoms with Crippen LogP contribution in [0.25, 0.3) is 0 Å². The number of imidazole rings is 1. The predicted octanol–water partition coefficient (Wildman–Crippen LogP) is 2.36. The molecule has 0 saturated heterocycles. The number of benzene rings is 1. The summed E-state index contributed by atoms with van der Waals surface area (Å²) in [6.07, 6.45) is 3.92. The van der Waals surface area contributed by atoms with E-state index in [1.807, 2.05) is 59.9 Å². The summed E-state index contributed by atoms with van der Waals surface area (Å²) in [4.78, 5) is 2.21. The van der Waals surface area contributed by atoms with E-state index in [0.717, 1.165) is 37.5 Å². The van der Waals surface area contributed by atoms with Crippen LogP contribution in [-0.4, -0.2) is 56.7 Å². The summed E-state index contributed by atoms with van der Waals surface area (Å²) in [6.45, 7) is 6.40. The second-order valence-corrected chi connectivity index (χ2v) is 9.02. The van der Waals surface area contributed by atoms with Gasteiger partial charge in [0.15, 0.2) is 0 Å². The number of rotatable bonds is 8. The van der Waals surface area contributed by atoms with E-state index in [4.69, 9.17) is 0 Å². The van der Waals surface area contributed by atoms with Crippen molar-refractivity contribution in [3.05, 3.63) is 36.7 Å². The molecule has 2 aromatic rings. The zero-order valence-corrected chi connectivity index (χ0v) is 19.5. The lowest BCUT2D eigenvalue weighted by atomic mass is 9.93. The molecule has 0 bridgehead atoms. The van der Waals surface area contributed by atoms with Crippen molar-refractivity contribution in [1.82, 2.24) is 9.47 Å². The molecule has 0 aliphatic heterocycles. The molecular weight excluding hydrogens is 408 g/mol. The van der Waals surface area contributed by atoms with Gasteiger partial charge in [0.25, 0.3) is 0 Å². The molecule has 10 nitrogen and oxygen atoms in total. The third-order valence-electron chi connectivity index (χ3n) is 4.00. The highest BCUT2D eigenvalue weighted by Gasteiger charge is 2.19. The largest absolute Gasteiger partial charge is 0.726 e. The molecule has 0 radical (unpaired) electrons. The van der Waals surface area contributed by atoms with Gasteiger partial charge in [-0.15, -0.1) is 0 Å². The fourth-order valence-electron chi connectivity index (χ4n) is 2.78. The third kappa shape index (κ3) is 9.44. The Kier molecular flexibility index (Phi) is 9.56. The Morgan fingerprint density at radius 2 is 1.87 bits per heavy atom. The Hall–Kier alpha value is -2.34. The van der Waals surface area contributed by atoms with Crippen LogP contribution in [0.4, 0.5) is 17.3 Å². The van der Waals surface area contributed by atoms with Gasteiger partial charge in [-0.1, -0.05) is 31.1 Å². The number of azo groups is 1. The molecule has 0 unspecified atom stereocenters. The van der Waals surface area contributed by atoms with E-state index in [0.29, 0.717) is 0 Å². The van der Waals surface area contributed by atoms with Crippen LogP contribution in [0.15, 0.2) is 46.9 Å². The van der Waals surface area contributed by atoms with Crippen molar-refractivity contribution in [1.29, 1.82) is 0 Å². The second kappa shape index (κ2) is 11.2. The monoisotopic (exact) mass is 440 g/mol. The van der Waals surface area contributed by atoms with Gasteiger partial charge >= 0.3 is 5.95 Å². The van der Waals surface area contributed by atoms with Crippen LogP contribution < -0.4 is 9.88 Å². The van der Waals surface area contributed by atoms with Crippen molar-refractivity contribution in [3.63, 3.8) is 0 Å². The molecule has 0 aliphatic rings. The Morgan fingerprint density at radius 3 is 2.37 bits per heavy atom. The number of aryl methyl sites for hydroxylation is 2. The van der Waals surface area contributed by atoms with Gasteiger partial charge in [-0.05, 0) is 31.6 Å². The lowest BCUT2D eigenvalue weighted by Gasteiger charge is -2.29. The maximum Gasteiger partial charge on any atom is 0.421 e. The summed E-state index contributed by atoms with van der Waals surface area (Å²) in [6, 6.07) is 8.02. The quantitative estimate of drug-likeness (QED) is 0.292. The van der Waals surface area contributed by atoms with Crippen LogP contribution in [0.5, 0.6) is 0 Å². The van der Waals surface area contributed by atoms with E-state index in [9.17, 15) is 13.0 Å². The van der Waals surface area contributed by atoms with E-state index < -0.39 is 10.4 Å². The van der Waals surface area contributed by atoms with E-state index in [-0.39, 0.29) is 5.41 Å². The number of nitrogens with zero attached hydrogens (tertiary/aromatic N) is 5. The van der Waals surface area contributed by atoms with Crippen LogP contribution >= 0.6 is 0 Å². The van der Waals surface area contributed by atoms with Crippen molar-refractivity contribution < 1.29 is 21.7 Å². The molecule has 168 valence electrons. The lowest BCUT2D eigenvalue weighted by molar-refractivity contribution is -0.657. The van der Waals surface area contributed by atoms with E-state index in [1.54, 1.807) is 0 Å². The fourth-order valence-corrected chi connectivity index (χ4v) is 2.78. The van der Waals surface area contributed by atoms with E-state index >= 15 is 0 Å². The van der Waals surface area contributed by atoms with Gasteiger partial charge in [-0.25, -0.2) is 17.6 Å². The number of para-hydroxylation sites is 1. The predicted molar refractivity (Wildman–Crippen MR) is 115 cm³/mol. The molecule has 30 heavy (non-hydrogen) atoms. The smallest absolute Gasteiger partial charge is 0.421 e. The first kappa shape index (κ1) is 25.7. The average Bonchev–Trinajstić information content (AvgIpc) is 2.96. The molecule has 0 amide bonds. The highest BCUT2D eigenvalue weighted by atomic mass is 32.3. The summed E-state index contributed by atoms with van der Waals surface area (Å²) < 4.78 is 34.9. The molecule has 0 aliphatic carbocycles. The van der Waals surface area contributed by atoms with Gasteiger partial charge in [0.1, 0.15) is 5.69 Å². The summed E-state index contributed by atoms with van der Waals surface area (Å²) in [5, 5.41) is 12.4. The number of hydrogen-bond acceptors (Lipinski definition) is 8. The molecule has 1 aromatic carbocycles. The SMILES string of the molecule is CN(C)CC(C)(C)CNc1ccccc1N=Nc1n(C)cc[n+]1C.COS(=O)(=O)[O-]. The highest BCUT2D eigenvalue weighted by Crippen LogP contribution is 2.27. The molecule has 1 N–H and O–H groups in total. The molecule has 0 saturated carbocycles. The summed E-state index contributed by atoms with van der Waals surface area (Å²) >= 11 is 0. The molecule has 0 spiro atoms. The molecule has 11 heteroatoms. The zero-order valence-electron chi connectivity index (χ0n) is 18.7. The Labute approximate surface area is 179 Å². The van der Waals surface area contributed by atoms with Gasteiger partial charge in [0.05, 0.1) is 39.3 Å². The molecular formula is C19H32N6O4S. The number of hydrogen-bond donors (Lipinski definition) is 1.